The molecule has 2 aliphatic heterocycles. The van der Waals surface area contributed by atoms with Gasteiger partial charge in [0.1, 0.15) is 6.67 Å². The molecule has 2 aliphatic rings. The van der Waals surface area contributed by atoms with E-state index in [-0.39, 0.29) is 45.9 Å². The molecule has 7 nitrogen and oxygen atoms in total. The van der Waals surface area contributed by atoms with Gasteiger partial charge in [0.25, 0.3) is 5.24 Å². The Morgan fingerprint density at radius 2 is 2.26 bits per heavy atom. The molecule has 2 fully saturated rings. The third-order valence-electron chi connectivity index (χ3n) is 4.68. The molecule has 1 aromatic carbocycles. The van der Waals surface area contributed by atoms with Gasteiger partial charge in [-0.15, -0.1) is 0 Å². The summed E-state index contributed by atoms with van der Waals surface area (Å²) in [5, 5.41) is 3.16. The van der Waals surface area contributed by atoms with E-state index >= 15 is 4.39 Å². The number of amides is 1. The highest BCUT2D eigenvalue weighted by atomic mass is 32.2. The van der Waals surface area contributed by atoms with E-state index in [1.807, 2.05) is 6.92 Å². The standard InChI is InChI=1S/C17H17F2N3O4S/c1-9-6-21(2-3-25-9)14-10(8-23)4-12-15(13(14)19)26-20-16(12)22-7-11(5-18)27-17(22)24/h4,8-9,11H,2-3,5-7H2,1H3. The smallest absolute Gasteiger partial charge is 0.287 e. The van der Waals surface area contributed by atoms with E-state index in [2.05, 4.69) is 5.16 Å². The maximum Gasteiger partial charge on any atom is 0.287 e. The Labute approximate surface area is 157 Å². The Bertz CT molecular complexity index is 906. The van der Waals surface area contributed by atoms with Crippen molar-refractivity contribution in [2.75, 3.05) is 42.7 Å². The number of halogens is 2. The third-order valence-corrected chi connectivity index (χ3v) is 5.71. The van der Waals surface area contributed by atoms with Crippen LogP contribution >= 0.6 is 11.8 Å². The first kappa shape index (κ1) is 18.2. The predicted octanol–water partition coefficient (Wildman–Crippen LogP) is 3.02. The zero-order valence-corrected chi connectivity index (χ0v) is 15.3. The summed E-state index contributed by atoms with van der Waals surface area (Å²) < 4.78 is 38.8. The van der Waals surface area contributed by atoms with E-state index in [1.165, 1.54) is 11.0 Å². The molecule has 27 heavy (non-hydrogen) atoms. The number of alkyl halides is 1. The van der Waals surface area contributed by atoms with Gasteiger partial charge in [0, 0.05) is 25.2 Å². The summed E-state index contributed by atoms with van der Waals surface area (Å²) in [5.41, 5.74) is 0.144. The monoisotopic (exact) mass is 397 g/mol. The quantitative estimate of drug-likeness (QED) is 0.734. The maximum atomic E-state index is 15.2. The number of aldehydes is 1. The van der Waals surface area contributed by atoms with Crippen molar-refractivity contribution >= 4 is 45.8 Å². The van der Waals surface area contributed by atoms with E-state index in [1.54, 1.807) is 4.90 Å². The molecule has 4 rings (SSSR count). The highest BCUT2D eigenvalue weighted by molar-refractivity contribution is 8.14. The number of hydrogen-bond donors (Lipinski definition) is 0. The summed E-state index contributed by atoms with van der Waals surface area (Å²) in [4.78, 5) is 26.8. The van der Waals surface area contributed by atoms with Crippen molar-refractivity contribution in [1.29, 1.82) is 0 Å². The first-order chi connectivity index (χ1) is 13.0. The Morgan fingerprint density at radius 3 is 2.93 bits per heavy atom. The number of thioether (sulfide) groups is 1. The largest absolute Gasteiger partial charge is 0.375 e. The molecule has 0 aliphatic carbocycles. The lowest BCUT2D eigenvalue weighted by Crippen LogP contribution is -2.42. The highest BCUT2D eigenvalue weighted by Crippen LogP contribution is 2.39. The van der Waals surface area contributed by atoms with Crippen LogP contribution in [0, 0.1) is 5.82 Å². The number of morpholine rings is 1. The van der Waals surface area contributed by atoms with Crippen LogP contribution in [0.3, 0.4) is 0 Å². The second-order valence-electron chi connectivity index (χ2n) is 6.53. The third kappa shape index (κ3) is 3.06. The zero-order chi connectivity index (χ0) is 19.1. The molecule has 144 valence electrons. The number of ether oxygens (including phenoxy) is 1. The van der Waals surface area contributed by atoms with Crippen LogP contribution in [-0.2, 0) is 4.74 Å². The van der Waals surface area contributed by atoms with Gasteiger partial charge in [-0.1, -0.05) is 16.9 Å². The Kier molecular flexibility index (Phi) is 4.77. The lowest BCUT2D eigenvalue weighted by Gasteiger charge is -2.33. The fourth-order valence-electron chi connectivity index (χ4n) is 3.44. The van der Waals surface area contributed by atoms with Crippen LogP contribution in [0.2, 0.25) is 0 Å². The lowest BCUT2D eigenvalue weighted by atomic mass is 10.1. The minimum atomic E-state index is -0.705. The summed E-state index contributed by atoms with van der Waals surface area (Å²) in [6, 6.07) is 1.47. The summed E-state index contributed by atoms with van der Waals surface area (Å²) in [6.07, 6.45) is 0.468. The van der Waals surface area contributed by atoms with Crippen molar-refractivity contribution in [3.8, 4) is 0 Å². The van der Waals surface area contributed by atoms with Gasteiger partial charge in [-0.05, 0) is 13.0 Å². The van der Waals surface area contributed by atoms with E-state index in [0.29, 0.717) is 26.0 Å². The van der Waals surface area contributed by atoms with Crippen LogP contribution in [-0.4, -0.2) is 61.0 Å². The lowest BCUT2D eigenvalue weighted by molar-refractivity contribution is 0.0529. The van der Waals surface area contributed by atoms with Crippen molar-refractivity contribution in [1.82, 2.24) is 5.16 Å². The number of fused-ring (bicyclic) bond motifs is 1. The van der Waals surface area contributed by atoms with Gasteiger partial charge in [-0.2, -0.15) is 0 Å². The van der Waals surface area contributed by atoms with E-state index < -0.39 is 17.7 Å². The molecule has 3 heterocycles. The molecule has 2 aromatic rings. The molecule has 10 heteroatoms. The molecule has 2 saturated heterocycles. The summed E-state index contributed by atoms with van der Waals surface area (Å²) in [6.45, 7) is 2.62. The highest BCUT2D eigenvalue weighted by Gasteiger charge is 2.36. The van der Waals surface area contributed by atoms with Crippen molar-refractivity contribution < 1.29 is 27.6 Å². The minimum Gasteiger partial charge on any atom is -0.375 e. The van der Waals surface area contributed by atoms with Crippen molar-refractivity contribution in [3.63, 3.8) is 0 Å². The number of hydrogen-bond acceptors (Lipinski definition) is 7. The fraction of sp³-hybridized carbons (Fsp3) is 0.471. The molecule has 0 saturated carbocycles. The Hall–Kier alpha value is -2.20. The fourth-order valence-corrected chi connectivity index (χ4v) is 4.30. The van der Waals surface area contributed by atoms with Crippen molar-refractivity contribution in [2.24, 2.45) is 0 Å². The summed E-state index contributed by atoms with van der Waals surface area (Å²) >= 11 is 0.866. The van der Waals surface area contributed by atoms with E-state index in [4.69, 9.17) is 9.26 Å². The van der Waals surface area contributed by atoms with Crippen LogP contribution < -0.4 is 9.80 Å². The van der Waals surface area contributed by atoms with Crippen molar-refractivity contribution in [3.05, 3.63) is 17.4 Å². The second kappa shape index (κ2) is 7.08. The molecule has 1 amide bonds. The van der Waals surface area contributed by atoms with Crippen LogP contribution in [0.5, 0.6) is 0 Å². The molecule has 1 aromatic heterocycles. The van der Waals surface area contributed by atoms with Gasteiger partial charge in [0.15, 0.2) is 17.9 Å². The number of nitrogens with zero attached hydrogens (tertiary/aromatic N) is 3. The average molecular weight is 397 g/mol. The Morgan fingerprint density at radius 1 is 1.44 bits per heavy atom. The van der Waals surface area contributed by atoms with E-state index in [0.717, 1.165) is 11.8 Å². The molecular formula is C17H17F2N3O4S. The zero-order valence-electron chi connectivity index (χ0n) is 14.5. The van der Waals surface area contributed by atoms with Gasteiger partial charge in [0.2, 0.25) is 5.58 Å². The topological polar surface area (TPSA) is 75.9 Å². The normalized spacial score (nSPS) is 23.4. The number of aromatic nitrogens is 1. The van der Waals surface area contributed by atoms with Gasteiger partial charge in [-0.3, -0.25) is 14.5 Å². The molecule has 0 bridgehead atoms. The van der Waals surface area contributed by atoms with Gasteiger partial charge in [-0.25, -0.2) is 8.78 Å². The van der Waals surface area contributed by atoms with Gasteiger partial charge in [0.05, 0.1) is 29.0 Å². The summed E-state index contributed by atoms with van der Waals surface area (Å²) in [7, 11) is 0. The molecule has 0 spiro atoms. The first-order valence-electron chi connectivity index (χ1n) is 8.51. The van der Waals surface area contributed by atoms with Crippen molar-refractivity contribution in [2.45, 2.75) is 18.3 Å². The number of anilines is 2. The SMILES string of the molecule is CC1CN(c2c(C=O)cc3c(N4CC(CF)SC4=O)noc3c2F)CCO1. The van der Waals surface area contributed by atoms with Crippen LogP contribution in [0.25, 0.3) is 11.0 Å². The average Bonchev–Trinajstić information content (AvgIpc) is 3.24. The van der Waals surface area contributed by atoms with Gasteiger partial charge >= 0.3 is 0 Å². The van der Waals surface area contributed by atoms with Crippen LogP contribution in [0.15, 0.2) is 10.6 Å². The van der Waals surface area contributed by atoms with Crippen LogP contribution in [0.4, 0.5) is 25.1 Å². The molecule has 2 atom stereocenters. The summed E-state index contributed by atoms with van der Waals surface area (Å²) in [5.74, 6) is -0.605. The maximum absolute atomic E-state index is 15.2. The second-order valence-corrected chi connectivity index (χ2v) is 7.78. The van der Waals surface area contributed by atoms with Gasteiger partial charge < -0.3 is 14.2 Å². The molecule has 2 unspecified atom stereocenters. The number of benzene rings is 1. The molecule has 0 radical (unpaired) electrons. The van der Waals surface area contributed by atoms with E-state index in [9.17, 15) is 14.0 Å². The minimum absolute atomic E-state index is 0.0994. The molecule has 0 N–H and O–H groups in total. The Balaban J connectivity index is 1.80. The number of carbonyl (C=O) groups is 2. The first-order valence-corrected chi connectivity index (χ1v) is 9.39. The predicted molar refractivity (Wildman–Crippen MR) is 97.1 cm³/mol. The number of rotatable bonds is 4. The number of carbonyl (C=O) groups excluding carboxylic acids is 2. The molecular weight excluding hydrogens is 380 g/mol. The van der Waals surface area contributed by atoms with Crippen LogP contribution in [0.1, 0.15) is 17.3 Å².